The summed E-state index contributed by atoms with van der Waals surface area (Å²) in [5.74, 6) is -0.913. The van der Waals surface area contributed by atoms with E-state index in [1.807, 2.05) is 0 Å². The van der Waals surface area contributed by atoms with Crippen molar-refractivity contribution in [1.29, 1.82) is 0 Å². The molecule has 1 fully saturated rings. The number of Topliss-reactive ketones (excluding diaryl/α,β-unsaturated/α-hetero) is 1. The number of carbonyl (C=O) groups is 2. The largest absolute Gasteiger partial charge is 0.394 e. The van der Waals surface area contributed by atoms with Crippen LogP contribution in [-0.2, 0) is 4.79 Å². The number of hydrogen-bond acceptors (Lipinski definition) is 4. The summed E-state index contributed by atoms with van der Waals surface area (Å²) in [4.78, 5) is 25.4. The standard InChI is InChI=1S/C15H18FNO4/c16-11-3-1-10(2-4-11)14(20)5-6-15(21)17-8-13(19)7-12(17)9-18/h1-4,12-13,18-19H,5-9H2/t12-,13+/m0/s1. The summed E-state index contributed by atoms with van der Waals surface area (Å²) >= 11 is 0. The monoisotopic (exact) mass is 295 g/mol. The van der Waals surface area contributed by atoms with Gasteiger partial charge in [-0.2, -0.15) is 0 Å². The molecule has 0 saturated carbocycles. The van der Waals surface area contributed by atoms with Crippen molar-refractivity contribution < 1.29 is 24.2 Å². The molecule has 1 saturated heterocycles. The highest BCUT2D eigenvalue weighted by Gasteiger charge is 2.33. The van der Waals surface area contributed by atoms with Crippen molar-refractivity contribution in [3.63, 3.8) is 0 Å². The Morgan fingerprint density at radius 2 is 1.90 bits per heavy atom. The average molecular weight is 295 g/mol. The number of β-amino-alcohol motifs (C(OH)–C–C–N with tert-alkyl or cyclic N) is 1. The third-order valence-corrected chi connectivity index (χ3v) is 3.66. The lowest BCUT2D eigenvalue weighted by molar-refractivity contribution is -0.132. The predicted molar refractivity (Wildman–Crippen MR) is 73.2 cm³/mol. The third-order valence-electron chi connectivity index (χ3n) is 3.66. The van der Waals surface area contributed by atoms with E-state index in [-0.39, 0.29) is 43.7 Å². The van der Waals surface area contributed by atoms with Crippen molar-refractivity contribution in [2.45, 2.75) is 31.4 Å². The van der Waals surface area contributed by atoms with E-state index in [0.29, 0.717) is 12.0 Å². The minimum atomic E-state index is -0.626. The summed E-state index contributed by atoms with van der Waals surface area (Å²) in [6.07, 6.45) is -0.234. The van der Waals surface area contributed by atoms with Gasteiger partial charge >= 0.3 is 0 Å². The fraction of sp³-hybridized carbons (Fsp3) is 0.467. The summed E-state index contributed by atoms with van der Waals surface area (Å²) in [5.41, 5.74) is 0.365. The van der Waals surface area contributed by atoms with Crippen LogP contribution in [0.5, 0.6) is 0 Å². The van der Waals surface area contributed by atoms with Crippen LogP contribution in [0.3, 0.4) is 0 Å². The maximum absolute atomic E-state index is 12.8. The van der Waals surface area contributed by atoms with Crippen molar-refractivity contribution in [3.05, 3.63) is 35.6 Å². The fourth-order valence-corrected chi connectivity index (χ4v) is 2.51. The van der Waals surface area contributed by atoms with E-state index in [1.54, 1.807) is 0 Å². The Bertz CT molecular complexity index is 517. The molecule has 1 aromatic rings. The molecule has 5 nitrogen and oxygen atoms in total. The SMILES string of the molecule is O=C(CCC(=O)N1C[C@H](O)C[C@H]1CO)c1ccc(F)cc1. The molecule has 2 N–H and O–H groups in total. The van der Waals surface area contributed by atoms with Crippen molar-refractivity contribution in [1.82, 2.24) is 4.90 Å². The Kier molecular flexibility index (Phi) is 5.03. The van der Waals surface area contributed by atoms with Gasteiger partial charge in [0.2, 0.25) is 5.91 Å². The van der Waals surface area contributed by atoms with Gasteiger partial charge in [0.05, 0.1) is 18.8 Å². The molecule has 0 aliphatic carbocycles. The third kappa shape index (κ3) is 3.86. The summed E-state index contributed by atoms with van der Waals surface area (Å²) < 4.78 is 12.8. The van der Waals surface area contributed by atoms with Crippen LogP contribution in [0.2, 0.25) is 0 Å². The van der Waals surface area contributed by atoms with Gasteiger partial charge in [-0.15, -0.1) is 0 Å². The van der Waals surface area contributed by atoms with Gasteiger partial charge in [-0.25, -0.2) is 4.39 Å². The summed E-state index contributed by atoms with van der Waals surface area (Å²) in [6, 6.07) is 4.80. The Morgan fingerprint density at radius 3 is 2.52 bits per heavy atom. The molecule has 0 spiro atoms. The fourth-order valence-electron chi connectivity index (χ4n) is 2.51. The smallest absolute Gasteiger partial charge is 0.223 e. The van der Waals surface area contributed by atoms with Crippen molar-refractivity contribution in [2.75, 3.05) is 13.2 Å². The number of carbonyl (C=O) groups excluding carboxylic acids is 2. The van der Waals surface area contributed by atoms with Gasteiger partial charge in [-0.05, 0) is 30.7 Å². The molecule has 1 amide bonds. The van der Waals surface area contributed by atoms with Gasteiger partial charge in [-0.3, -0.25) is 9.59 Å². The maximum atomic E-state index is 12.8. The molecule has 1 aliphatic heterocycles. The number of aliphatic hydroxyl groups is 2. The number of nitrogens with zero attached hydrogens (tertiary/aromatic N) is 1. The van der Waals surface area contributed by atoms with Gasteiger partial charge in [0.15, 0.2) is 5.78 Å². The first-order valence-corrected chi connectivity index (χ1v) is 6.88. The van der Waals surface area contributed by atoms with E-state index in [9.17, 15) is 24.2 Å². The van der Waals surface area contributed by atoms with Crippen LogP contribution in [0.25, 0.3) is 0 Å². The molecule has 1 heterocycles. The highest BCUT2D eigenvalue weighted by Crippen LogP contribution is 2.19. The quantitative estimate of drug-likeness (QED) is 0.786. The van der Waals surface area contributed by atoms with E-state index in [0.717, 1.165) is 0 Å². The lowest BCUT2D eigenvalue weighted by Gasteiger charge is -2.22. The highest BCUT2D eigenvalue weighted by atomic mass is 19.1. The lowest BCUT2D eigenvalue weighted by Crippen LogP contribution is -2.38. The van der Waals surface area contributed by atoms with Crippen molar-refractivity contribution >= 4 is 11.7 Å². The second-order valence-corrected chi connectivity index (χ2v) is 5.20. The number of halogens is 1. The van der Waals surface area contributed by atoms with Crippen LogP contribution < -0.4 is 0 Å². The first-order valence-electron chi connectivity index (χ1n) is 6.88. The van der Waals surface area contributed by atoms with E-state index in [4.69, 9.17) is 0 Å². The molecule has 0 bridgehead atoms. The zero-order chi connectivity index (χ0) is 15.4. The number of rotatable bonds is 5. The number of aliphatic hydroxyl groups excluding tert-OH is 2. The van der Waals surface area contributed by atoms with Crippen LogP contribution >= 0.6 is 0 Å². The van der Waals surface area contributed by atoms with Gasteiger partial charge in [0.25, 0.3) is 0 Å². The molecule has 21 heavy (non-hydrogen) atoms. The van der Waals surface area contributed by atoms with Gasteiger partial charge in [0.1, 0.15) is 5.82 Å². The molecule has 2 atom stereocenters. The van der Waals surface area contributed by atoms with Crippen LogP contribution in [0, 0.1) is 5.82 Å². The van der Waals surface area contributed by atoms with E-state index in [2.05, 4.69) is 0 Å². The molecule has 0 radical (unpaired) electrons. The maximum Gasteiger partial charge on any atom is 0.223 e. The molecule has 0 aromatic heterocycles. The van der Waals surface area contributed by atoms with Crippen LogP contribution in [-0.4, -0.2) is 52.1 Å². The number of ketones is 1. The van der Waals surface area contributed by atoms with Crippen molar-refractivity contribution in [2.24, 2.45) is 0 Å². The van der Waals surface area contributed by atoms with Gasteiger partial charge in [-0.1, -0.05) is 0 Å². The number of amides is 1. The first kappa shape index (κ1) is 15.6. The second-order valence-electron chi connectivity index (χ2n) is 5.20. The van der Waals surface area contributed by atoms with Gasteiger partial charge in [0, 0.05) is 24.9 Å². The molecule has 1 aromatic carbocycles. The molecule has 2 rings (SSSR count). The number of likely N-dealkylation sites (tertiary alicyclic amines) is 1. The molecule has 6 heteroatoms. The minimum Gasteiger partial charge on any atom is -0.394 e. The second kappa shape index (κ2) is 6.78. The van der Waals surface area contributed by atoms with Crippen LogP contribution in [0.1, 0.15) is 29.6 Å². The van der Waals surface area contributed by atoms with E-state index in [1.165, 1.54) is 29.2 Å². The predicted octanol–water partition coefficient (Wildman–Crippen LogP) is 0.743. The van der Waals surface area contributed by atoms with Crippen LogP contribution in [0.4, 0.5) is 4.39 Å². The van der Waals surface area contributed by atoms with Crippen LogP contribution in [0.15, 0.2) is 24.3 Å². The Morgan fingerprint density at radius 1 is 1.24 bits per heavy atom. The normalized spacial score (nSPS) is 21.6. The molecule has 114 valence electrons. The van der Waals surface area contributed by atoms with E-state index >= 15 is 0 Å². The zero-order valence-corrected chi connectivity index (χ0v) is 11.5. The Hall–Kier alpha value is -1.79. The zero-order valence-electron chi connectivity index (χ0n) is 11.5. The topological polar surface area (TPSA) is 77.8 Å². The number of hydrogen-bond donors (Lipinski definition) is 2. The van der Waals surface area contributed by atoms with Crippen molar-refractivity contribution in [3.8, 4) is 0 Å². The molecule has 1 aliphatic rings. The Labute approximate surface area is 122 Å². The summed E-state index contributed by atoms with van der Waals surface area (Å²) in [7, 11) is 0. The van der Waals surface area contributed by atoms with E-state index < -0.39 is 11.9 Å². The first-order chi connectivity index (χ1) is 10.0. The minimum absolute atomic E-state index is 0.0133. The van der Waals surface area contributed by atoms with Gasteiger partial charge < -0.3 is 15.1 Å². The molecular weight excluding hydrogens is 277 g/mol. The average Bonchev–Trinajstić information content (AvgIpc) is 2.86. The number of benzene rings is 1. The lowest BCUT2D eigenvalue weighted by atomic mass is 10.1. The summed E-state index contributed by atoms with van der Waals surface area (Å²) in [5, 5.41) is 18.7. The summed E-state index contributed by atoms with van der Waals surface area (Å²) in [6.45, 7) is -0.0104. The molecule has 0 unspecified atom stereocenters. The highest BCUT2D eigenvalue weighted by molar-refractivity contribution is 5.97. The Balaban J connectivity index is 1.89. The molecular formula is C15H18FNO4.